The molecule has 5 nitrogen and oxygen atoms in total. The number of fused-ring (bicyclic) bond motifs is 1. The summed E-state index contributed by atoms with van der Waals surface area (Å²) in [4.78, 5) is 14.7. The minimum Gasteiger partial charge on any atom is -0.467 e. The highest BCUT2D eigenvalue weighted by molar-refractivity contribution is 5.89. The Morgan fingerprint density at radius 2 is 1.93 bits per heavy atom. The Hall–Kier alpha value is -3.21. The van der Waals surface area contributed by atoms with Crippen LogP contribution < -0.4 is 15.5 Å². The highest BCUT2D eigenvalue weighted by Crippen LogP contribution is 2.34. The Kier molecular flexibility index (Phi) is 4.83. The van der Waals surface area contributed by atoms with Gasteiger partial charge in [0.25, 0.3) is 0 Å². The summed E-state index contributed by atoms with van der Waals surface area (Å²) in [7, 11) is 0. The monoisotopic (exact) mass is 361 g/mol. The Morgan fingerprint density at radius 1 is 1.11 bits per heavy atom. The van der Waals surface area contributed by atoms with Crippen LogP contribution in [0.1, 0.15) is 22.9 Å². The predicted octanol–water partition coefficient (Wildman–Crippen LogP) is 4.51. The standard InChI is InChI=1S/C22H23N3O2/c1-16-8-10-18(11-9-16)24-22(26)23-15-20(21-7-4-14-27-21)25-13-12-17-5-2-3-6-19(17)25/h2-11,14,20H,12-13,15H2,1H3,(H2,23,24,26)/t20-/m0/s1. The van der Waals surface area contributed by atoms with Crippen molar-refractivity contribution in [3.8, 4) is 0 Å². The average molecular weight is 361 g/mol. The molecule has 1 aliphatic heterocycles. The number of rotatable bonds is 5. The quantitative estimate of drug-likeness (QED) is 0.703. The molecule has 0 spiro atoms. The SMILES string of the molecule is Cc1ccc(NC(=O)NC[C@@H](c2ccco2)N2CCc3ccccc32)cc1. The first-order valence-corrected chi connectivity index (χ1v) is 9.20. The molecule has 1 aromatic heterocycles. The molecule has 27 heavy (non-hydrogen) atoms. The van der Waals surface area contributed by atoms with E-state index in [1.54, 1.807) is 6.26 Å². The lowest BCUT2D eigenvalue weighted by molar-refractivity contribution is 0.251. The van der Waals surface area contributed by atoms with E-state index in [0.717, 1.165) is 30.0 Å². The molecule has 1 atom stereocenters. The van der Waals surface area contributed by atoms with Crippen molar-refractivity contribution in [2.24, 2.45) is 0 Å². The van der Waals surface area contributed by atoms with Crippen LogP contribution >= 0.6 is 0 Å². The van der Waals surface area contributed by atoms with Crippen LogP contribution in [0.4, 0.5) is 16.2 Å². The lowest BCUT2D eigenvalue weighted by Crippen LogP contribution is -2.39. The van der Waals surface area contributed by atoms with Gasteiger partial charge in [0.1, 0.15) is 11.8 Å². The molecule has 0 saturated carbocycles. The van der Waals surface area contributed by atoms with E-state index in [9.17, 15) is 4.79 Å². The zero-order chi connectivity index (χ0) is 18.6. The van der Waals surface area contributed by atoms with Crippen molar-refractivity contribution in [1.29, 1.82) is 0 Å². The van der Waals surface area contributed by atoms with Gasteiger partial charge in [-0.2, -0.15) is 0 Å². The van der Waals surface area contributed by atoms with Crippen molar-refractivity contribution in [2.45, 2.75) is 19.4 Å². The average Bonchev–Trinajstić information content (AvgIpc) is 3.35. The van der Waals surface area contributed by atoms with Crippen molar-refractivity contribution in [1.82, 2.24) is 5.32 Å². The number of anilines is 2. The van der Waals surface area contributed by atoms with Crippen molar-refractivity contribution in [2.75, 3.05) is 23.3 Å². The number of hydrogen-bond donors (Lipinski definition) is 2. The van der Waals surface area contributed by atoms with Gasteiger partial charge in [0.2, 0.25) is 0 Å². The van der Waals surface area contributed by atoms with Gasteiger partial charge in [-0.3, -0.25) is 0 Å². The molecule has 0 fully saturated rings. The third-order valence-electron chi connectivity index (χ3n) is 4.94. The molecule has 0 bridgehead atoms. The Morgan fingerprint density at radius 3 is 2.70 bits per heavy atom. The molecule has 0 radical (unpaired) electrons. The molecule has 5 heteroatoms. The van der Waals surface area contributed by atoms with Crippen molar-refractivity contribution >= 4 is 17.4 Å². The summed E-state index contributed by atoms with van der Waals surface area (Å²) in [6.07, 6.45) is 2.68. The highest BCUT2D eigenvalue weighted by atomic mass is 16.3. The minimum absolute atomic E-state index is 0.0487. The van der Waals surface area contributed by atoms with E-state index in [2.05, 4.69) is 33.7 Å². The minimum atomic E-state index is -0.220. The molecule has 2 aromatic carbocycles. The number of benzene rings is 2. The number of hydrogen-bond acceptors (Lipinski definition) is 3. The van der Waals surface area contributed by atoms with Gasteiger partial charge in [-0.05, 0) is 49.2 Å². The number of aryl methyl sites for hydroxylation is 1. The fourth-order valence-corrected chi connectivity index (χ4v) is 3.53. The maximum Gasteiger partial charge on any atom is 0.319 e. The molecule has 138 valence electrons. The van der Waals surface area contributed by atoms with E-state index in [1.165, 1.54) is 11.3 Å². The number of nitrogens with zero attached hydrogens (tertiary/aromatic N) is 1. The third kappa shape index (κ3) is 3.82. The highest BCUT2D eigenvalue weighted by Gasteiger charge is 2.29. The van der Waals surface area contributed by atoms with E-state index in [1.807, 2.05) is 49.4 Å². The summed E-state index contributed by atoms with van der Waals surface area (Å²) in [6.45, 7) is 3.39. The zero-order valence-electron chi connectivity index (χ0n) is 15.3. The number of urea groups is 1. The van der Waals surface area contributed by atoms with E-state index in [0.29, 0.717) is 6.54 Å². The molecule has 1 aliphatic rings. The van der Waals surface area contributed by atoms with Gasteiger partial charge in [0.05, 0.1) is 6.26 Å². The number of carbonyl (C=O) groups is 1. The Bertz CT molecular complexity index is 904. The van der Waals surface area contributed by atoms with E-state index in [4.69, 9.17) is 4.42 Å². The first kappa shape index (κ1) is 17.2. The summed E-state index contributed by atoms with van der Waals surface area (Å²) in [5.41, 5.74) is 4.48. The van der Waals surface area contributed by atoms with Crippen LogP contribution in [0.3, 0.4) is 0 Å². The second-order valence-corrected chi connectivity index (χ2v) is 6.80. The van der Waals surface area contributed by atoms with Crippen LogP contribution in [0.2, 0.25) is 0 Å². The van der Waals surface area contributed by atoms with Crippen LogP contribution in [0.15, 0.2) is 71.3 Å². The normalized spacial score (nSPS) is 13.9. The van der Waals surface area contributed by atoms with Crippen LogP contribution in [-0.2, 0) is 6.42 Å². The lowest BCUT2D eigenvalue weighted by Gasteiger charge is -2.29. The first-order chi connectivity index (χ1) is 13.2. The Balaban J connectivity index is 1.46. The van der Waals surface area contributed by atoms with E-state index < -0.39 is 0 Å². The van der Waals surface area contributed by atoms with Crippen molar-refractivity contribution < 1.29 is 9.21 Å². The molecule has 0 aliphatic carbocycles. The van der Waals surface area contributed by atoms with Gasteiger partial charge in [0.15, 0.2) is 0 Å². The molecule has 2 N–H and O–H groups in total. The smallest absolute Gasteiger partial charge is 0.319 e. The second-order valence-electron chi connectivity index (χ2n) is 6.80. The number of amides is 2. The number of carbonyl (C=O) groups excluding carboxylic acids is 1. The number of nitrogens with one attached hydrogen (secondary N) is 2. The maximum atomic E-state index is 12.4. The second kappa shape index (κ2) is 7.58. The van der Waals surface area contributed by atoms with Gasteiger partial charge in [0, 0.05) is 24.5 Å². The van der Waals surface area contributed by atoms with Crippen LogP contribution in [0, 0.1) is 6.92 Å². The van der Waals surface area contributed by atoms with Gasteiger partial charge < -0.3 is 20.0 Å². The predicted molar refractivity (Wildman–Crippen MR) is 107 cm³/mol. The van der Waals surface area contributed by atoms with Crippen LogP contribution in [-0.4, -0.2) is 19.1 Å². The molecule has 2 heterocycles. The Labute approximate surface area is 159 Å². The summed E-state index contributed by atoms with van der Waals surface area (Å²) in [5.74, 6) is 0.849. The topological polar surface area (TPSA) is 57.5 Å². The van der Waals surface area contributed by atoms with Gasteiger partial charge in [-0.1, -0.05) is 35.9 Å². The zero-order valence-corrected chi connectivity index (χ0v) is 15.3. The molecule has 0 saturated heterocycles. The molecule has 3 aromatic rings. The lowest BCUT2D eigenvalue weighted by atomic mass is 10.1. The fraction of sp³-hybridized carbons (Fsp3) is 0.227. The largest absolute Gasteiger partial charge is 0.467 e. The van der Waals surface area contributed by atoms with Gasteiger partial charge in [-0.15, -0.1) is 0 Å². The molecular formula is C22H23N3O2. The van der Waals surface area contributed by atoms with E-state index in [-0.39, 0.29) is 12.1 Å². The molecular weight excluding hydrogens is 338 g/mol. The summed E-state index contributed by atoms with van der Waals surface area (Å²) >= 11 is 0. The maximum absolute atomic E-state index is 12.4. The number of para-hydroxylation sites is 1. The summed E-state index contributed by atoms with van der Waals surface area (Å²) in [5, 5.41) is 5.87. The summed E-state index contributed by atoms with van der Waals surface area (Å²) < 4.78 is 5.67. The van der Waals surface area contributed by atoms with Crippen molar-refractivity contribution in [3.05, 3.63) is 83.8 Å². The fourth-order valence-electron chi connectivity index (χ4n) is 3.53. The molecule has 2 amide bonds. The third-order valence-corrected chi connectivity index (χ3v) is 4.94. The number of furan rings is 1. The first-order valence-electron chi connectivity index (χ1n) is 9.20. The van der Waals surface area contributed by atoms with Crippen molar-refractivity contribution in [3.63, 3.8) is 0 Å². The molecule has 4 rings (SSSR count). The molecule has 0 unspecified atom stereocenters. The van der Waals surface area contributed by atoms with Crippen LogP contribution in [0.25, 0.3) is 0 Å². The van der Waals surface area contributed by atoms with Gasteiger partial charge >= 0.3 is 6.03 Å². The summed E-state index contributed by atoms with van der Waals surface area (Å²) in [6, 6.07) is 19.7. The van der Waals surface area contributed by atoms with Crippen LogP contribution in [0.5, 0.6) is 0 Å². The van der Waals surface area contributed by atoms with E-state index >= 15 is 0 Å². The van der Waals surface area contributed by atoms with Gasteiger partial charge in [-0.25, -0.2) is 4.79 Å².